The van der Waals surface area contributed by atoms with E-state index < -0.39 is 6.04 Å². The number of methoxy groups -OCH3 is 1. The van der Waals surface area contributed by atoms with Gasteiger partial charge in [0.05, 0.1) is 7.11 Å². The molecule has 0 radical (unpaired) electrons. The molecule has 3 nitrogen and oxygen atoms in total. The third-order valence-electron chi connectivity index (χ3n) is 3.36. The number of rotatable bonds is 5. The van der Waals surface area contributed by atoms with Crippen molar-refractivity contribution in [2.75, 3.05) is 7.11 Å². The lowest BCUT2D eigenvalue weighted by Gasteiger charge is -2.22. The number of hydrogen-bond acceptors (Lipinski definition) is 3. The molecule has 0 aliphatic heterocycles. The summed E-state index contributed by atoms with van der Waals surface area (Å²) in [5, 5.41) is 3.96. The average molecular weight is 304 g/mol. The SMILES string of the molecule is COC(=O)C(NC(C)c1ccccc1Cl)c1ccccc1. The minimum atomic E-state index is -0.525. The van der Waals surface area contributed by atoms with Crippen LogP contribution in [0.2, 0.25) is 5.02 Å². The first kappa shape index (κ1) is 15.5. The summed E-state index contributed by atoms with van der Waals surface area (Å²) >= 11 is 6.21. The molecule has 110 valence electrons. The number of ether oxygens (including phenoxy) is 1. The van der Waals surface area contributed by atoms with Gasteiger partial charge in [0, 0.05) is 11.1 Å². The number of carbonyl (C=O) groups is 1. The second-order valence-electron chi connectivity index (χ2n) is 4.78. The standard InChI is InChI=1S/C17H18ClNO2/c1-12(14-10-6-7-11-15(14)18)19-16(17(20)21-2)13-8-4-3-5-9-13/h3-12,16,19H,1-2H3. The Hall–Kier alpha value is -1.84. The molecule has 0 bridgehead atoms. The van der Waals surface area contributed by atoms with Crippen molar-refractivity contribution in [2.45, 2.75) is 19.0 Å². The quantitative estimate of drug-likeness (QED) is 0.851. The largest absolute Gasteiger partial charge is 0.468 e. The minimum absolute atomic E-state index is 0.0805. The zero-order valence-corrected chi connectivity index (χ0v) is 12.8. The van der Waals surface area contributed by atoms with E-state index in [0.717, 1.165) is 11.1 Å². The van der Waals surface area contributed by atoms with Gasteiger partial charge in [0.25, 0.3) is 0 Å². The summed E-state index contributed by atoms with van der Waals surface area (Å²) in [5.74, 6) is -0.319. The molecular formula is C17H18ClNO2. The van der Waals surface area contributed by atoms with Crippen LogP contribution in [-0.4, -0.2) is 13.1 Å². The van der Waals surface area contributed by atoms with Crippen LogP contribution < -0.4 is 5.32 Å². The van der Waals surface area contributed by atoms with Gasteiger partial charge in [-0.05, 0) is 24.1 Å². The summed E-state index contributed by atoms with van der Waals surface area (Å²) < 4.78 is 4.90. The van der Waals surface area contributed by atoms with E-state index in [1.165, 1.54) is 7.11 Å². The van der Waals surface area contributed by atoms with E-state index in [4.69, 9.17) is 16.3 Å². The molecule has 0 aromatic heterocycles. The third-order valence-corrected chi connectivity index (χ3v) is 3.70. The third kappa shape index (κ3) is 3.84. The van der Waals surface area contributed by atoms with Crippen molar-refractivity contribution < 1.29 is 9.53 Å². The van der Waals surface area contributed by atoms with Gasteiger partial charge >= 0.3 is 5.97 Å². The molecule has 0 spiro atoms. The Labute approximate surface area is 129 Å². The summed E-state index contributed by atoms with van der Waals surface area (Å²) in [6.07, 6.45) is 0. The maximum absolute atomic E-state index is 12.0. The molecule has 2 rings (SSSR count). The van der Waals surface area contributed by atoms with Gasteiger partial charge in [0.2, 0.25) is 0 Å². The molecule has 0 heterocycles. The van der Waals surface area contributed by atoms with Gasteiger partial charge in [-0.2, -0.15) is 0 Å². The maximum atomic E-state index is 12.0. The van der Waals surface area contributed by atoms with Gasteiger partial charge in [-0.25, -0.2) is 4.79 Å². The first-order valence-corrected chi connectivity index (χ1v) is 7.14. The highest BCUT2D eigenvalue weighted by Crippen LogP contribution is 2.25. The number of benzene rings is 2. The number of esters is 1. The van der Waals surface area contributed by atoms with Crippen LogP contribution in [0.15, 0.2) is 54.6 Å². The summed E-state index contributed by atoms with van der Waals surface area (Å²) in [6, 6.07) is 16.5. The molecule has 0 fully saturated rings. The highest BCUT2D eigenvalue weighted by molar-refractivity contribution is 6.31. The number of nitrogens with one attached hydrogen (secondary N) is 1. The lowest BCUT2D eigenvalue weighted by molar-refractivity contribution is -0.143. The molecule has 0 saturated heterocycles. The van der Waals surface area contributed by atoms with Gasteiger partial charge in [0.1, 0.15) is 6.04 Å². The van der Waals surface area contributed by atoms with Crippen molar-refractivity contribution >= 4 is 17.6 Å². The Bertz CT molecular complexity index is 601. The van der Waals surface area contributed by atoms with Crippen molar-refractivity contribution in [3.8, 4) is 0 Å². The average Bonchev–Trinajstić information content (AvgIpc) is 2.53. The number of hydrogen-bond donors (Lipinski definition) is 1. The zero-order valence-electron chi connectivity index (χ0n) is 12.0. The molecule has 0 saturated carbocycles. The smallest absolute Gasteiger partial charge is 0.327 e. The Morgan fingerprint density at radius 1 is 1.10 bits per heavy atom. The summed E-state index contributed by atoms with van der Waals surface area (Å²) in [7, 11) is 1.39. The predicted octanol–water partition coefficient (Wildman–Crippen LogP) is 3.90. The molecule has 0 aliphatic carbocycles. The molecule has 4 heteroatoms. The van der Waals surface area contributed by atoms with Crippen LogP contribution in [0.3, 0.4) is 0 Å². The van der Waals surface area contributed by atoms with Crippen LogP contribution in [0.4, 0.5) is 0 Å². The van der Waals surface area contributed by atoms with E-state index in [1.54, 1.807) is 0 Å². The summed E-state index contributed by atoms with van der Waals surface area (Å²) in [5.41, 5.74) is 1.81. The fourth-order valence-corrected chi connectivity index (χ4v) is 2.53. The molecule has 2 atom stereocenters. The first-order chi connectivity index (χ1) is 10.1. The molecule has 2 aromatic carbocycles. The highest BCUT2D eigenvalue weighted by Gasteiger charge is 2.24. The van der Waals surface area contributed by atoms with Crippen molar-refractivity contribution in [1.29, 1.82) is 0 Å². The Kier molecular flexibility index (Phi) is 5.37. The summed E-state index contributed by atoms with van der Waals surface area (Å²) in [6.45, 7) is 1.97. The van der Waals surface area contributed by atoms with Gasteiger partial charge in [-0.15, -0.1) is 0 Å². The van der Waals surface area contributed by atoms with E-state index in [-0.39, 0.29) is 12.0 Å². The molecule has 2 aromatic rings. The molecule has 2 unspecified atom stereocenters. The van der Waals surface area contributed by atoms with E-state index in [1.807, 2.05) is 61.5 Å². The molecule has 1 N–H and O–H groups in total. The topological polar surface area (TPSA) is 38.3 Å². The van der Waals surface area contributed by atoms with Gasteiger partial charge in [0.15, 0.2) is 0 Å². The Morgan fingerprint density at radius 2 is 1.71 bits per heavy atom. The van der Waals surface area contributed by atoms with Gasteiger partial charge < -0.3 is 4.74 Å². The van der Waals surface area contributed by atoms with Crippen molar-refractivity contribution in [2.24, 2.45) is 0 Å². The highest BCUT2D eigenvalue weighted by atomic mass is 35.5. The monoisotopic (exact) mass is 303 g/mol. The minimum Gasteiger partial charge on any atom is -0.468 e. The van der Waals surface area contributed by atoms with Crippen LogP contribution in [-0.2, 0) is 9.53 Å². The van der Waals surface area contributed by atoms with E-state index in [0.29, 0.717) is 5.02 Å². The van der Waals surface area contributed by atoms with Crippen LogP contribution in [0.1, 0.15) is 30.1 Å². The van der Waals surface area contributed by atoms with Crippen LogP contribution in [0.25, 0.3) is 0 Å². The molecule has 0 aliphatic rings. The Morgan fingerprint density at radius 3 is 2.33 bits per heavy atom. The Balaban J connectivity index is 2.24. The lowest BCUT2D eigenvalue weighted by atomic mass is 10.0. The normalized spacial score (nSPS) is 13.5. The van der Waals surface area contributed by atoms with E-state index in [2.05, 4.69) is 5.32 Å². The van der Waals surface area contributed by atoms with Crippen LogP contribution >= 0.6 is 11.6 Å². The number of halogens is 1. The fraction of sp³-hybridized carbons (Fsp3) is 0.235. The van der Waals surface area contributed by atoms with Crippen LogP contribution in [0, 0.1) is 0 Å². The molecular weight excluding hydrogens is 286 g/mol. The zero-order chi connectivity index (χ0) is 15.2. The lowest BCUT2D eigenvalue weighted by Crippen LogP contribution is -2.31. The van der Waals surface area contributed by atoms with Gasteiger partial charge in [-0.3, -0.25) is 5.32 Å². The number of carbonyl (C=O) groups excluding carboxylic acids is 1. The molecule has 0 amide bonds. The van der Waals surface area contributed by atoms with Crippen LogP contribution in [0.5, 0.6) is 0 Å². The van der Waals surface area contributed by atoms with Crippen molar-refractivity contribution in [1.82, 2.24) is 5.32 Å². The maximum Gasteiger partial charge on any atom is 0.327 e. The van der Waals surface area contributed by atoms with Crippen molar-refractivity contribution in [3.05, 3.63) is 70.7 Å². The molecule has 21 heavy (non-hydrogen) atoms. The second-order valence-corrected chi connectivity index (χ2v) is 5.18. The second kappa shape index (κ2) is 7.25. The summed E-state index contributed by atoms with van der Waals surface area (Å²) in [4.78, 5) is 12.0. The predicted molar refractivity (Wildman–Crippen MR) is 84.2 cm³/mol. The first-order valence-electron chi connectivity index (χ1n) is 6.76. The van der Waals surface area contributed by atoms with Gasteiger partial charge in [-0.1, -0.05) is 60.1 Å². The van der Waals surface area contributed by atoms with E-state index >= 15 is 0 Å². The van der Waals surface area contributed by atoms with E-state index in [9.17, 15) is 4.79 Å². The van der Waals surface area contributed by atoms with Crippen molar-refractivity contribution in [3.63, 3.8) is 0 Å². The fourth-order valence-electron chi connectivity index (χ4n) is 2.23.